The van der Waals surface area contributed by atoms with Crippen molar-refractivity contribution in [1.82, 2.24) is 9.55 Å². The van der Waals surface area contributed by atoms with E-state index in [0.29, 0.717) is 17.7 Å². The van der Waals surface area contributed by atoms with E-state index >= 15 is 0 Å². The van der Waals surface area contributed by atoms with Gasteiger partial charge in [-0.25, -0.2) is 13.8 Å². The summed E-state index contributed by atoms with van der Waals surface area (Å²) in [4.78, 5) is 29.3. The molecule has 0 spiro atoms. The minimum atomic E-state index is -0.573. The van der Waals surface area contributed by atoms with Crippen LogP contribution in [-0.4, -0.2) is 15.5 Å². The van der Waals surface area contributed by atoms with E-state index in [9.17, 15) is 18.4 Å². The number of anilines is 1. The number of carbonyl (C=O) groups excluding carboxylic acids is 1. The van der Waals surface area contributed by atoms with E-state index in [1.54, 1.807) is 6.07 Å². The number of benzene rings is 2. The molecule has 2 aromatic carbocycles. The van der Waals surface area contributed by atoms with Crippen molar-refractivity contribution in [3.63, 3.8) is 0 Å². The Morgan fingerprint density at radius 3 is 2.48 bits per heavy atom. The molecule has 27 heavy (non-hydrogen) atoms. The van der Waals surface area contributed by atoms with Gasteiger partial charge >= 0.3 is 0 Å². The summed E-state index contributed by atoms with van der Waals surface area (Å²) in [5.41, 5.74) is 0.675. The second-order valence-corrected chi connectivity index (χ2v) is 5.88. The third kappa shape index (κ3) is 4.25. The number of hydrogen-bond donors (Lipinski definition) is 1. The average Bonchev–Trinajstić information content (AvgIpc) is 2.66. The lowest BCUT2D eigenvalue weighted by Gasteiger charge is -2.14. The van der Waals surface area contributed by atoms with E-state index in [1.165, 1.54) is 53.1 Å². The minimum Gasteiger partial charge on any atom is -0.322 e. The first-order valence-electron chi connectivity index (χ1n) is 8.39. The maximum absolute atomic E-state index is 13.7. The molecular weight excluding hydrogens is 352 g/mol. The summed E-state index contributed by atoms with van der Waals surface area (Å²) in [6.07, 6.45) is 0.533. The first-order valence-corrected chi connectivity index (χ1v) is 8.39. The van der Waals surface area contributed by atoms with E-state index in [2.05, 4.69) is 10.3 Å². The van der Waals surface area contributed by atoms with Crippen molar-refractivity contribution in [2.45, 2.75) is 19.9 Å². The molecule has 3 rings (SSSR count). The van der Waals surface area contributed by atoms with Crippen molar-refractivity contribution >= 4 is 11.6 Å². The third-order valence-corrected chi connectivity index (χ3v) is 3.98. The summed E-state index contributed by atoms with van der Waals surface area (Å²) in [7, 11) is 0. The van der Waals surface area contributed by atoms with Crippen LogP contribution < -0.4 is 10.9 Å². The van der Waals surface area contributed by atoms with E-state index < -0.39 is 23.1 Å². The van der Waals surface area contributed by atoms with Crippen LogP contribution in [0.15, 0.2) is 59.4 Å². The number of amides is 1. The number of carbonyl (C=O) groups is 1. The van der Waals surface area contributed by atoms with E-state index in [-0.39, 0.29) is 18.1 Å². The first kappa shape index (κ1) is 18.4. The van der Waals surface area contributed by atoms with Crippen molar-refractivity contribution in [3.05, 3.63) is 82.3 Å². The predicted molar refractivity (Wildman–Crippen MR) is 98.3 cm³/mol. The molecule has 138 valence electrons. The van der Waals surface area contributed by atoms with Crippen LogP contribution in [-0.2, 0) is 17.8 Å². The topological polar surface area (TPSA) is 64.0 Å². The largest absolute Gasteiger partial charge is 0.322 e. The molecule has 0 bridgehead atoms. The first-order chi connectivity index (χ1) is 13.0. The highest BCUT2D eigenvalue weighted by Gasteiger charge is 2.15. The Morgan fingerprint density at radius 1 is 1.11 bits per heavy atom. The van der Waals surface area contributed by atoms with Gasteiger partial charge < -0.3 is 5.32 Å². The van der Waals surface area contributed by atoms with Crippen LogP contribution in [0, 0.1) is 11.6 Å². The number of halogens is 2. The van der Waals surface area contributed by atoms with Gasteiger partial charge in [0.25, 0.3) is 5.56 Å². The zero-order valence-corrected chi connectivity index (χ0v) is 14.6. The van der Waals surface area contributed by atoms with Crippen LogP contribution in [0.2, 0.25) is 0 Å². The van der Waals surface area contributed by atoms with Gasteiger partial charge in [0, 0.05) is 17.3 Å². The fraction of sp³-hybridized carbons (Fsp3) is 0.150. The zero-order valence-electron chi connectivity index (χ0n) is 14.6. The van der Waals surface area contributed by atoms with Crippen LogP contribution in [0.5, 0.6) is 0 Å². The number of rotatable bonds is 5. The highest BCUT2D eigenvalue weighted by atomic mass is 19.1. The molecule has 1 amide bonds. The van der Waals surface area contributed by atoms with Crippen molar-refractivity contribution in [2.75, 3.05) is 5.32 Å². The van der Waals surface area contributed by atoms with E-state index in [0.717, 1.165) is 0 Å². The molecular formula is C20H17F2N3O2. The molecule has 0 saturated carbocycles. The number of nitrogens with one attached hydrogen (secondary N) is 1. The quantitative estimate of drug-likeness (QED) is 0.750. The van der Waals surface area contributed by atoms with Gasteiger partial charge in [-0.1, -0.05) is 19.1 Å². The molecule has 1 N–H and O–H groups in total. The van der Waals surface area contributed by atoms with Crippen molar-refractivity contribution < 1.29 is 13.6 Å². The summed E-state index contributed by atoms with van der Waals surface area (Å²) in [5.74, 6) is -1.31. The molecule has 0 radical (unpaired) electrons. The second-order valence-electron chi connectivity index (χ2n) is 5.88. The monoisotopic (exact) mass is 369 g/mol. The lowest BCUT2D eigenvalue weighted by Crippen LogP contribution is -2.30. The van der Waals surface area contributed by atoms with E-state index in [1.807, 2.05) is 6.92 Å². The third-order valence-electron chi connectivity index (χ3n) is 3.98. The predicted octanol–water partition coefficient (Wildman–Crippen LogP) is 3.39. The summed E-state index contributed by atoms with van der Waals surface area (Å²) in [6, 6.07) is 12.6. The standard InChI is InChI=1S/C20H17F2N3O2/c1-2-15-11-19(27)25(20(23-15)13-7-9-14(21)10-8-13)12-18(26)24-17-6-4-3-5-16(17)22/h3-11H,2,12H2,1H3,(H,24,26). The van der Waals surface area contributed by atoms with Gasteiger partial charge in [-0.15, -0.1) is 0 Å². The van der Waals surface area contributed by atoms with Gasteiger partial charge in [-0.05, 0) is 42.8 Å². The smallest absolute Gasteiger partial charge is 0.254 e. The van der Waals surface area contributed by atoms with Gasteiger partial charge in [0.2, 0.25) is 5.91 Å². The van der Waals surface area contributed by atoms with Gasteiger partial charge in [0.05, 0.1) is 5.69 Å². The maximum atomic E-state index is 13.7. The number of hydrogen-bond acceptors (Lipinski definition) is 3. The summed E-state index contributed by atoms with van der Waals surface area (Å²) < 4.78 is 28.1. The normalized spacial score (nSPS) is 10.6. The van der Waals surface area contributed by atoms with Crippen molar-refractivity contribution in [1.29, 1.82) is 0 Å². The lowest BCUT2D eigenvalue weighted by atomic mass is 10.2. The molecule has 0 aliphatic heterocycles. The van der Waals surface area contributed by atoms with Gasteiger partial charge in [0.15, 0.2) is 0 Å². The van der Waals surface area contributed by atoms with Crippen LogP contribution in [0.3, 0.4) is 0 Å². The highest BCUT2D eigenvalue weighted by Crippen LogP contribution is 2.18. The van der Waals surface area contributed by atoms with Crippen LogP contribution in [0.4, 0.5) is 14.5 Å². The second kappa shape index (κ2) is 7.90. The zero-order chi connectivity index (χ0) is 19.4. The number of aromatic nitrogens is 2. The Bertz CT molecular complexity index is 1030. The molecule has 0 fully saturated rings. The molecule has 7 heteroatoms. The van der Waals surface area contributed by atoms with Crippen molar-refractivity contribution in [2.24, 2.45) is 0 Å². The van der Waals surface area contributed by atoms with E-state index in [4.69, 9.17) is 0 Å². The van der Waals surface area contributed by atoms with Gasteiger partial charge in [-0.2, -0.15) is 0 Å². The molecule has 1 heterocycles. The molecule has 0 aliphatic rings. The molecule has 0 aliphatic carbocycles. The van der Waals surface area contributed by atoms with Crippen LogP contribution in [0.25, 0.3) is 11.4 Å². The Kier molecular flexibility index (Phi) is 5.40. The fourth-order valence-corrected chi connectivity index (χ4v) is 2.60. The fourth-order valence-electron chi connectivity index (χ4n) is 2.60. The van der Waals surface area contributed by atoms with Crippen molar-refractivity contribution in [3.8, 4) is 11.4 Å². The summed E-state index contributed by atoms with van der Waals surface area (Å²) >= 11 is 0. The molecule has 0 saturated heterocycles. The average molecular weight is 369 g/mol. The SMILES string of the molecule is CCc1cc(=O)n(CC(=O)Nc2ccccc2F)c(-c2ccc(F)cc2)n1. The Balaban J connectivity index is 1.96. The van der Waals surface area contributed by atoms with Crippen LogP contribution in [0.1, 0.15) is 12.6 Å². The molecule has 0 unspecified atom stereocenters. The molecule has 3 aromatic rings. The minimum absolute atomic E-state index is 0.0250. The Hall–Kier alpha value is -3.35. The highest BCUT2D eigenvalue weighted by molar-refractivity contribution is 5.90. The molecule has 0 atom stereocenters. The molecule has 1 aromatic heterocycles. The lowest BCUT2D eigenvalue weighted by molar-refractivity contribution is -0.116. The van der Waals surface area contributed by atoms with Crippen LogP contribution >= 0.6 is 0 Å². The number of aryl methyl sites for hydroxylation is 1. The number of nitrogens with zero attached hydrogens (tertiary/aromatic N) is 2. The Morgan fingerprint density at radius 2 is 1.81 bits per heavy atom. The van der Waals surface area contributed by atoms with Gasteiger partial charge in [0.1, 0.15) is 24.0 Å². The number of para-hydroxylation sites is 1. The summed E-state index contributed by atoms with van der Waals surface area (Å²) in [6.45, 7) is 1.50. The molecule has 5 nitrogen and oxygen atoms in total. The Labute approximate surface area is 154 Å². The maximum Gasteiger partial charge on any atom is 0.254 e. The van der Waals surface area contributed by atoms with Gasteiger partial charge in [-0.3, -0.25) is 14.2 Å². The summed E-state index contributed by atoms with van der Waals surface area (Å²) in [5, 5.41) is 2.44.